The van der Waals surface area contributed by atoms with Crippen molar-refractivity contribution in [2.24, 2.45) is 0 Å². The van der Waals surface area contributed by atoms with Crippen LogP contribution in [-0.2, 0) is 0 Å². The van der Waals surface area contributed by atoms with E-state index in [4.69, 9.17) is 14.4 Å². The molecule has 0 fully saturated rings. The van der Waals surface area contributed by atoms with Crippen molar-refractivity contribution in [3.8, 4) is 45.1 Å². The summed E-state index contributed by atoms with van der Waals surface area (Å²) < 4.78 is 11.1. The molecule has 0 aliphatic carbocycles. The summed E-state index contributed by atoms with van der Waals surface area (Å²) in [6, 6.07) is 68.2. The number of fused-ring (bicyclic) bond motifs is 9. The van der Waals surface area contributed by atoms with Crippen molar-refractivity contribution in [2.45, 2.75) is 0 Å². The average molecular weight is 729 g/mol. The Labute approximate surface area is 327 Å². The minimum Gasteiger partial charge on any atom is -0.455 e. The SMILES string of the molecule is c1ccc(-n2c3ccccc3c3c(-c4cccc(-c5cccc6c5oc5ccccc56)c4)nc(-c4cccc(-n5c6ccccc6c6ccccc65)c4)nc32)cc1. The van der Waals surface area contributed by atoms with Gasteiger partial charge in [-0.25, -0.2) is 9.97 Å². The van der Waals surface area contributed by atoms with Crippen molar-refractivity contribution in [3.63, 3.8) is 0 Å². The van der Waals surface area contributed by atoms with Crippen molar-refractivity contribution < 1.29 is 4.42 Å². The second-order valence-corrected chi connectivity index (χ2v) is 14.6. The van der Waals surface area contributed by atoms with Gasteiger partial charge >= 0.3 is 0 Å². The van der Waals surface area contributed by atoms with Crippen LogP contribution in [0.25, 0.3) is 111 Å². The zero-order valence-corrected chi connectivity index (χ0v) is 30.7. The monoisotopic (exact) mass is 728 g/mol. The molecular formula is C52H32N4O. The zero-order valence-electron chi connectivity index (χ0n) is 30.7. The van der Waals surface area contributed by atoms with Crippen LogP contribution in [0.3, 0.4) is 0 Å². The normalized spacial score (nSPS) is 11.9. The Kier molecular flexibility index (Phi) is 6.86. The van der Waals surface area contributed by atoms with Crippen molar-refractivity contribution in [1.29, 1.82) is 0 Å². The molecule has 0 aliphatic heterocycles. The zero-order chi connectivity index (χ0) is 37.5. The summed E-state index contributed by atoms with van der Waals surface area (Å²) in [5.74, 6) is 0.657. The Bertz CT molecular complexity index is 3480. The first-order valence-corrected chi connectivity index (χ1v) is 19.3. The topological polar surface area (TPSA) is 48.8 Å². The van der Waals surface area contributed by atoms with Crippen molar-refractivity contribution in [2.75, 3.05) is 0 Å². The molecule has 0 saturated heterocycles. The Morgan fingerprint density at radius 3 is 1.75 bits per heavy atom. The van der Waals surface area contributed by atoms with Crippen LogP contribution in [-0.4, -0.2) is 19.1 Å². The molecule has 12 rings (SSSR count). The maximum atomic E-state index is 6.51. The lowest BCUT2D eigenvalue weighted by molar-refractivity contribution is 0.670. The van der Waals surface area contributed by atoms with Gasteiger partial charge in [0, 0.05) is 55.0 Å². The maximum absolute atomic E-state index is 6.51. The third-order valence-electron chi connectivity index (χ3n) is 11.3. The Hall–Kier alpha value is -7.76. The van der Waals surface area contributed by atoms with Crippen LogP contribution < -0.4 is 0 Å². The second-order valence-electron chi connectivity index (χ2n) is 14.6. The lowest BCUT2D eigenvalue weighted by atomic mass is 9.98. The molecule has 0 N–H and O–H groups in total. The van der Waals surface area contributed by atoms with E-state index in [-0.39, 0.29) is 0 Å². The lowest BCUT2D eigenvalue weighted by Gasteiger charge is -2.13. The molecule has 0 amide bonds. The third kappa shape index (κ3) is 4.82. The van der Waals surface area contributed by atoms with E-state index in [9.17, 15) is 0 Å². The molecule has 8 aromatic carbocycles. The summed E-state index contributed by atoms with van der Waals surface area (Å²) in [4.78, 5) is 11.0. The van der Waals surface area contributed by atoms with Crippen LogP contribution in [0.2, 0.25) is 0 Å². The number of rotatable bonds is 5. The molecule has 12 aromatic rings. The van der Waals surface area contributed by atoms with Crippen LogP contribution in [0.15, 0.2) is 199 Å². The summed E-state index contributed by atoms with van der Waals surface area (Å²) in [6.45, 7) is 0. The molecule has 0 unspecified atom stereocenters. The van der Waals surface area contributed by atoms with Gasteiger partial charge in [0.15, 0.2) is 5.82 Å². The molecule has 5 nitrogen and oxygen atoms in total. The number of hydrogen-bond donors (Lipinski definition) is 0. The first kappa shape index (κ1) is 31.6. The summed E-state index contributed by atoms with van der Waals surface area (Å²) in [6.07, 6.45) is 0. The quantitative estimate of drug-likeness (QED) is 0.177. The van der Waals surface area contributed by atoms with E-state index in [1.807, 2.05) is 12.1 Å². The summed E-state index contributed by atoms with van der Waals surface area (Å²) >= 11 is 0. The lowest BCUT2D eigenvalue weighted by Crippen LogP contribution is -2.00. The molecule has 0 radical (unpaired) electrons. The number of hydrogen-bond acceptors (Lipinski definition) is 3. The first-order valence-electron chi connectivity index (χ1n) is 19.3. The Morgan fingerprint density at radius 1 is 0.386 bits per heavy atom. The molecule has 0 spiro atoms. The number of aromatic nitrogens is 4. The van der Waals surface area contributed by atoms with E-state index in [0.717, 1.165) is 94.2 Å². The molecule has 57 heavy (non-hydrogen) atoms. The molecule has 4 heterocycles. The molecule has 5 heteroatoms. The number of para-hydroxylation sites is 6. The van der Waals surface area contributed by atoms with Gasteiger partial charge in [-0.05, 0) is 60.2 Å². The van der Waals surface area contributed by atoms with Crippen LogP contribution in [0.1, 0.15) is 0 Å². The van der Waals surface area contributed by atoms with E-state index in [1.165, 1.54) is 10.8 Å². The van der Waals surface area contributed by atoms with E-state index in [0.29, 0.717) is 5.82 Å². The van der Waals surface area contributed by atoms with E-state index in [1.54, 1.807) is 0 Å². The minimum absolute atomic E-state index is 0.657. The van der Waals surface area contributed by atoms with Crippen LogP contribution in [0, 0.1) is 0 Å². The van der Waals surface area contributed by atoms with Crippen molar-refractivity contribution in [1.82, 2.24) is 19.1 Å². The van der Waals surface area contributed by atoms with Gasteiger partial charge in [0.1, 0.15) is 16.8 Å². The fourth-order valence-electron chi connectivity index (χ4n) is 8.82. The Morgan fingerprint density at radius 2 is 0.965 bits per heavy atom. The van der Waals surface area contributed by atoms with Crippen molar-refractivity contribution in [3.05, 3.63) is 194 Å². The van der Waals surface area contributed by atoms with Crippen LogP contribution >= 0.6 is 0 Å². The third-order valence-corrected chi connectivity index (χ3v) is 11.3. The van der Waals surface area contributed by atoms with E-state index in [2.05, 4.69) is 191 Å². The highest BCUT2D eigenvalue weighted by Crippen LogP contribution is 2.41. The van der Waals surface area contributed by atoms with Gasteiger partial charge in [0.05, 0.1) is 27.6 Å². The van der Waals surface area contributed by atoms with Gasteiger partial charge in [-0.1, -0.05) is 140 Å². The molecule has 4 aromatic heterocycles. The minimum atomic E-state index is 0.657. The highest BCUT2D eigenvalue weighted by molar-refractivity contribution is 6.15. The standard InChI is InChI=1S/C52H32N4O/c1-2-18-36(19-3-1)56-46-29-10-6-24-43(46)48-49(34-16-12-15-33(31-34)38-25-14-26-42-41-23-7-11-30-47(41)57-50(38)42)53-51(54-52(48)56)35-17-13-20-37(32-35)55-44-27-8-4-21-39(44)40-22-5-9-28-45(40)55/h1-32H. The predicted molar refractivity (Wildman–Crippen MR) is 234 cm³/mol. The summed E-state index contributed by atoms with van der Waals surface area (Å²) in [5, 5.41) is 6.78. The number of nitrogens with zero attached hydrogens (tertiary/aromatic N) is 4. The van der Waals surface area contributed by atoms with Crippen molar-refractivity contribution >= 4 is 65.7 Å². The molecular weight excluding hydrogens is 697 g/mol. The second kappa shape index (κ2) is 12.4. The van der Waals surface area contributed by atoms with Gasteiger partial charge < -0.3 is 8.98 Å². The number of benzene rings is 8. The fourth-order valence-corrected chi connectivity index (χ4v) is 8.82. The Balaban J connectivity index is 1.12. The molecule has 0 bridgehead atoms. The fraction of sp³-hybridized carbons (Fsp3) is 0. The number of furan rings is 1. The van der Waals surface area contributed by atoms with Crippen LogP contribution in [0.4, 0.5) is 0 Å². The predicted octanol–water partition coefficient (Wildman–Crippen LogP) is 13.6. The molecule has 0 aliphatic rings. The van der Waals surface area contributed by atoms with E-state index < -0.39 is 0 Å². The van der Waals surface area contributed by atoms with Gasteiger partial charge in [-0.15, -0.1) is 0 Å². The highest BCUT2D eigenvalue weighted by atomic mass is 16.3. The summed E-state index contributed by atoms with van der Waals surface area (Å²) in [7, 11) is 0. The van der Waals surface area contributed by atoms with Gasteiger partial charge in [0.25, 0.3) is 0 Å². The molecule has 266 valence electrons. The molecule has 0 atom stereocenters. The first-order chi connectivity index (χ1) is 28.3. The molecule has 0 saturated carbocycles. The van der Waals surface area contributed by atoms with Gasteiger partial charge in [0.2, 0.25) is 0 Å². The highest BCUT2D eigenvalue weighted by Gasteiger charge is 2.22. The van der Waals surface area contributed by atoms with E-state index >= 15 is 0 Å². The summed E-state index contributed by atoms with van der Waals surface area (Å²) in [5.41, 5.74) is 13.0. The van der Waals surface area contributed by atoms with Gasteiger partial charge in [-0.3, -0.25) is 4.57 Å². The smallest absolute Gasteiger partial charge is 0.162 e. The van der Waals surface area contributed by atoms with Crippen LogP contribution in [0.5, 0.6) is 0 Å². The van der Waals surface area contributed by atoms with Gasteiger partial charge in [-0.2, -0.15) is 0 Å². The average Bonchev–Trinajstić information content (AvgIpc) is 3.94. The maximum Gasteiger partial charge on any atom is 0.162 e. The largest absolute Gasteiger partial charge is 0.455 e.